The van der Waals surface area contributed by atoms with E-state index in [0.717, 1.165) is 43.7 Å². The number of likely N-dealkylation sites (N-methyl/N-ethyl adjacent to an activating group) is 1. The van der Waals surface area contributed by atoms with Crippen LogP contribution in [0.15, 0.2) is 35.9 Å². The van der Waals surface area contributed by atoms with Gasteiger partial charge in [0.25, 0.3) is 0 Å². The maximum Gasteiger partial charge on any atom is 0.306 e. The predicted molar refractivity (Wildman–Crippen MR) is 138 cm³/mol. The van der Waals surface area contributed by atoms with Crippen LogP contribution in [0.1, 0.15) is 52.0 Å². The standard InChI is InChI=1S/C29H43NO6/c1-20(2)7-13-24-28(3,36-24)27-26(32-6)23(15-16-29(27)19-34-29)35-25(31)14-10-21-8-11-22(12-9-21)33-18-17-30(4)5/h7-9,11-12,23-24,26-27H,10,13-19H2,1-6H3/t23?,24-,26-,27?,28+,29+/m1/s1. The summed E-state index contributed by atoms with van der Waals surface area (Å²) in [7, 11) is 5.75. The van der Waals surface area contributed by atoms with Crippen molar-refractivity contribution in [3.63, 3.8) is 0 Å². The molecule has 0 N–H and O–H groups in total. The third-order valence-corrected chi connectivity index (χ3v) is 7.87. The van der Waals surface area contributed by atoms with Gasteiger partial charge in [-0.25, -0.2) is 0 Å². The molecule has 0 radical (unpaired) electrons. The minimum Gasteiger partial charge on any atom is -0.492 e. The van der Waals surface area contributed by atoms with Crippen molar-refractivity contribution in [3.05, 3.63) is 41.5 Å². The summed E-state index contributed by atoms with van der Waals surface area (Å²) < 4.78 is 30.0. The van der Waals surface area contributed by atoms with Crippen molar-refractivity contribution in [2.75, 3.05) is 41.0 Å². The summed E-state index contributed by atoms with van der Waals surface area (Å²) in [4.78, 5) is 14.9. The van der Waals surface area contributed by atoms with E-state index in [1.165, 1.54) is 5.57 Å². The van der Waals surface area contributed by atoms with Crippen LogP contribution < -0.4 is 4.74 Å². The largest absolute Gasteiger partial charge is 0.492 e. The topological polar surface area (TPSA) is 73.1 Å². The summed E-state index contributed by atoms with van der Waals surface area (Å²) in [6, 6.07) is 7.94. The van der Waals surface area contributed by atoms with E-state index in [-0.39, 0.29) is 41.4 Å². The highest BCUT2D eigenvalue weighted by Gasteiger charge is 2.72. The number of nitrogens with zero attached hydrogens (tertiary/aromatic N) is 1. The van der Waals surface area contributed by atoms with Gasteiger partial charge in [-0.3, -0.25) is 4.79 Å². The first-order chi connectivity index (χ1) is 17.2. The second-order valence-corrected chi connectivity index (χ2v) is 11.2. The molecule has 3 aliphatic rings. The molecule has 1 saturated carbocycles. The Bertz CT molecular complexity index is 920. The molecule has 2 saturated heterocycles. The molecule has 2 aliphatic heterocycles. The van der Waals surface area contributed by atoms with Crippen LogP contribution in [0.2, 0.25) is 0 Å². The number of methoxy groups -OCH3 is 1. The Morgan fingerprint density at radius 2 is 1.94 bits per heavy atom. The third kappa shape index (κ3) is 6.31. The summed E-state index contributed by atoms with van der Waals surface area (Å²) in [5.74, 6) is 0.689. The van der Waals surface area contributed by atoms with Gasteiger partial charge in [0, 0.05) is 20.1 Å². The molecule has 2 unspecified atom stereocenters. The maximum atomic E-state index is 12.8. The summed E-state index contributed by atoms with van der Waals surface area (Å²) >= 11 is 0. The summed E-state index contributed by atoms with van der Waals surface area (Å²) in [6.45, 7) is 8.61. The Hall–Kier alpha value is -1.93. The lowest BCUT2D eigenvalue weighted by Crippen LogP contribution is -2.55. The van der Waals surface area contributed by atoms with E-state index in [0.29, 0.717) is 19.4 Å². The number of hydrogen-bond donors (Lipinski definition) is 0. The van der Waals surface area contributed by atoms with Crippen LogP contribution in [0.5, 0.6) is 5.75 Å². The number of carbonyl (C=O) groups excluding carboxylic acids is 1. The van der Waals surface area contributed by atoms with E-state index in [1.54, 1.807) is 7.11 Å². The average Bonchev–Trinajstić information content (AvgIpc) is 3.75. The van der Waals surface area contributed by atoms with Crippen molar-refractivity contribution in [1.82, 2.24) is 4.90 Å². The first kappa shape index (κ1) is 27.1. The molecule has 1 spiro atoms. The monoisotopic (exact) mass is 501 g/mol. The molecule has 1 aromatic carbocycles. The lowest BCUT2D eigenvalue weighted by atomic mass is 9.68. The number of carbonyl (C=O) groups is 1. The van der Waals surface area contributed by atoms with Gasteiger partial charge >= 0.3 is 5.97 Å². The fourth-order valence-electron chi connectivity index (χ4n) is 5.64. The smallest absolute Gasteiger partial charge is 0.306 e. The third-order valence-electron chi connectivity index (χ3n) is 7.87. The molecule has 1 aromatic rings. The van der Waals surface area contributed by atoms with Crippen LogP contribution in [-0.2, 0) is 30.2 Å². The molecule has 0 aromatic heterocycles. The van der Waals surface area contributed by atoms with E-state index in [4.69, 9.17) is 23.7 Å². The SMILES string of the molecule is CO[C@@H]1C(OC(=O)CCc2ccc(OCCN(C)C)cc2)CC[C@]2(CO2)C1[C@@]1(C)O[C@@H]1CC=C(C)C. The molecule has 0 bridgehead atoms. The lowest BCUT2D eigenvalue weighted by molar-refractivity contribution is -0.171. The molecule has 200 valence electrons. The highest BCUT2D eigenvalue weighted by Crippen LogP contribution is 2.59. The molecule has 6 atom stereocenters. The van der Waals surface area contributed by atoms with E-state index < -0.39 is 0 Å². The van der Waals surface area contributed by atoms with Crippen molar-refractivity contribution in [2.45, 2.75) is 82.4 Å². The fraction of sp³-hybridized carbons (Fsp3) is 0.690. The molecule has 36 heavy (non-hydrogen) atoms. The quantitative estimate of drug-likeness (QED) is 0.242. The van der Waals surface area contributed by atoms with Gasteiger partial charge in [0.15, 0.2) is 0 Å². The number of benzene rings is 1. The van der Waals surface area contributed by atoms with Gasteiger partial charge in [-0.2, -0.15) is 0 Å². The highest BCUT2D eigenvalue weighted by atomic mass is 16.6. The first-order valence-electron chi connectivity index (χ1n) is 13.2. The van der Waals surface area contributed by atoms with Crippen LogP contribution in [0.4, 0.5) is 0 Å². The number of hydrogen-bond acceptors (Lipinski definition) is 7. The van der Waals surface area contributed by atoms with E-state index in [1.807, 2.05) is 38.4 Å². The van der Waals surface area contributed by atoms with Gasteiger partial charge in [-0.1, -0.05) is 23.8 Å². The highest BCUT2D eigenvalue weighted by molar-refractivity contribution is 5.70. The second kappa shape index (κ2) is 11.2. The predicted octanol–water partition coefficient (Wildman–Crippen LogP) is 4.18. The first-order valence-corrected chi connectivity index (χ1v) is 13.2. The minimum absolute atomic E-state index is 0.0390. The Morgan fingerprint density at radius 3 is 2.56 bits per heavy atom. The van der Waals surface area contributed by atoms with Gasteiger partial charge in [0.05, 0.1) is 18.6 Å². The van der Waals surface area contributed by atoms with Crippen molar-refractivity contribution in [2.24, 2.45) is 5.92 Å². The molecule has 1 aliphatic carbocycles. The van der Waals surface area contributed by atoms with Gasteiger partial charge in [0.1, 0.15) is 35.8 Å². The van der Waals surface area contributed by atoms with Crippen LogP contribution in [0.25, 0.3) is 0 Å². The molecule has 0 amide bonds. The molecule has 4 rings (SSSR count). The zero-order valence-electron chi connectivity index (χ0n) is 22.7. The molecule has 3 fully saturated rings. The zero-order chi connectivity index (χ0) is 25.9. The normalized spacial score (nSPS) is 32.9. The molecular formula is C29H43NO6. The summed E-state index contributed by atoms with van der Waals surface area (Å²) in [6.07, 6.45) is 5.27. The van der Waals surface area contributed by atoms with Gasteiger partial charge in [0.2, 0.25) is 0 Å². The Labute approximate surface area is 216 Å². The molecule has 2 heterocycles. The van der Waals surface area contributed by atoms with Crippen LogP contribution in [0.3, 0.4) is 0 Å². The summed E-state index contributed by atoms with van der Waals surface area (Å²) in [5, 5.41) is 0. The van der Waals surface area contributed by atoms with Crippen molar-refractivity contribution in [1.29, 1.82) is 0 Å². The molecule has 7 heteroatoms. The molecular weight excluding hydrogens is 458 g/mol. The number of epoxide rings is 2. The van der Waals surface area contributed by atoms with Crippen molar-refractivity contribution in [3.8, 4) is 5.75 Å². The Morgan fingerprint density at radius 1 is 1.22 bits per heavy atom. The average molecular weight is 502 g/mol. The fourth-order valence-corrected chi connectivity index (χ4v) is 5.64. The van der Waals surface area contributed by atoms with E-state index >= 15 is 0 Å². The van der Waals surface area contributed by atoms with Gasteiger partial charge in [-0.05, 0) is 78.2 Å². The van der Waals surface area contributed by atoms with Crippen LogP contribution >= 0.6 is 0 Å². The maximum absolute atomic E-state index is 12.8. The van der Waals surface area contributed by atoms with Gasteiger partial charge < -0.3 is 28.6 Å². The van der Waals surface area contributed by atoms with Crippen molar-refractivity contribution < 1.29 is 28.5 Å². The number of esters is 1. The number of ether oxygens (including phenoxy) is 5. The Balaban J connectivity index is 1.31. The number of rotatable bonds is 12. The summed E-state index contributed by atoms with van der Waals surface area (Å²) in [5.41, 5.74) is 1.83. The number of allylic oxidation sites excluding steroid dienone is 1. The van der Waals surface area contributed by atoms with Crippen molar-refractivity contribution >= 4 is 5.97 Å². The van der Waals surface area contributed by atoms with Gasteiger partial charge in [-0.15, -0.1) is 0 Å². The number of aryl methyl sites for hydroxylation is 1. The molecule has 7 nitrogen and oxygen atoms in total. The van der Waals surface area contributed by atoms with Crippen LogP contribution in [-0.4, -0.2) is 81.3 Å². The Kier molecular flexibility index (Phi) is 8.45. The zero-order valence-corrected chi connectivity index (χ0v) is 22.7. The van der Waals surface area contributed by atoms with Crippen LogP contribution in [0, 0.1) is 5.92 Å². The lowest BCUT2D eigenvalue weighted by Gasteiger charge is -2.42. The van der Waals surface area contributed by atoms with E-state index in [9.17, 15) is 4.79 Å². The van der Waals surface area contributed by atoms with E-state index in [2.05, 4.69) is 31.7 Å². The minimum atomic E-state index is -0.329. The second-order valence-electron chi connectivity index (χ2n) is 11.2.